The van der Waals surface area contributed by atoms with Crippen molar-refractivity contribution >= 4 is 5.91 Å². The number of rotatable bonds is 4. The molecule has 0 aliphatic heterocycles. The fourth-order valence-electron chi connectivity index (χ4n) is 1.60. The molecule has 0 saturated heterocycles. The number of carbonyl (C=O) groups is 1. The van der Waals surface area contributed by atoms with Crippen LogP contribution in [0.15, 0.2) is 24.5 Å². The molecule has 0 saturated carbocycles. The molecule has 1 unspecified atom stereocenters. The molecule has 1 amide bonds. The molecule has 6 nitrogen and oxygen atoms in total. The second-order valence-electron chi connectivity index (χ2n) is 4.26. The van der Waals surface area contributed by atoms with Gasteiger partial charge in [-0.1, -0.05) is 6.07 Å². The molecule has 0 radical (unpaired) electrons. The van der Waals surface area contributed by atoms with Crippen molar-refractivity contribution in [1.29, 1.82) is 0 Å². The number of hydrogen-bond acceptors (Lipinski definition) is 4. The van der Waals surface area contributed by atoms with Crippen LogP contribution in [0.3, 0.4) is 0 Å². The molecule has 2 aromatic rings. The van der Waals surface area contributed by atoms with E-state index in [1.54, 1.807) is 6.92 Å². The fourth-order valence-corrected chi connectivity index (χ4v) is 1.60. The molecule has 19 heavy (non-hydrogen) atoms. The van der Waals surface area contributed by atoms with Gasteiger partial charge in [0.05, 0.1) is 12.6 Å². The van der Waals surface area contributed by atoms with Crippen molar-refractivity contribution in [2.45, 2.75) is 19.5 Å². The first kappa shape index (κ1) is 13.2. The van der Waals surface area contributed by atoms with Gasteiger partial charge in [-0.3, -0.25) is 4.79 Å². The van der Waals surface area contributed by atoms with Crippen molar-refractivity contribution in [2.24, 2.45) is 11.5 Å². The highest BCUT2D eigenvalue weighted by atomic mass is 19.1. The Kier molecular flexibility index (Phi) is 3.57. The van der Waals surface area contributed by atoms with E-state index < -0.39 is 11.7 Å². The molecule has 1 aromatic carbocycles. The average molecular weight is 263 g/mol. The first-order chi connectivity index (χ1) is 8.97. The number of amides is 1. The molecule has 4 N–H and O–H groups in total. The Labute approximate surface area is 109 Å². The summed E-state index contributed by atoms with van der Waals surface area (Å²) in [5, 5.41) is 4.13. The van der Waals surface area contributed by atoms with Gasteiger partial charge in [0.2, 0.25) is 5.91 Å². The lowest BCUT2D eigenvalue weighted by molar-refractivity contribution is 0.1000. The van der Waals surface area contributed by atoms with Gasteiger partial charge in [-0.05, 0) is 19.1 Å². The highest BCUT2D eigenvalue weighted by molar-refractivity contribution is 5.92. The zero-order valence-corrected chi connectivity index (χ0v) is 10.4. The van der Waals surface area contributed by atoms with Crippen LogP contribution in [-0.2, 0) is 6.54 Å². The largest absolute Gasteiger partial charge is 0.366 e. The molecule has 7 heteroatoms. The van der Waals surface area contributed by atoms with Crippen LogP contribution in [0.4, 0.5) is 4.39 Å². The molecule has 0 spiro atoms. The number of halogens is 1. The number of hydrogen-bond donors (Lipinski definition) is 2. The molecule has 2 rings (SSSR count). The third-order valence-corrected chi connectivity index (χ3v) is 2.63. The summed E-state index contributed by atoms with van der Waals surface area (Å²) in [5.74, 6) is -0.672. The van der Waals surface area contributed by atoms with Gasteiger partial charge in [-0.15, -0.1) is 0 Å². The Bertz CT molecular complexity index is 608. The minimum Gasteiger partial charge on any atom is -0.366 e. The Balaban J connectivity index is 2.20. The van der Waals surface area contributed by atoms with Gasteiger partial charge >= 0.3 is 0 Å². The van der Waals surface area contributed by atoms with Gasteiger partial charge in [0.15, 0.2) is 5.82 Å². The predicted octanol–water partition coefficient (Wildman–Crippen LogP) is 0.584. The maximum Gasteiger partial charge on any atom is 0.248 e. The van der Waals surface area contributed by atoms with Crippen molar-refractivity contribution in [1.82, 2.24) is 14.8 Å². The summed E-state index contributed by atoms with van der Waals surface area (Å²) in [6, 6.07) is 3.82. The van der Waals surface area contributed by atoms with E-state index in [0.29, 0.717) is 11.4 Å². The summed E-state index contributed by atoms with van der Waals surface area (Å²) in [6.07, 6.45) is 1.49. The normalized spacial score (nSPS) is 12.4. The van der Waals surface area contributed by atoms with Crippen LogP contribution in [-0.4, -0.2) is 20.7 Å². The topological polar surface area (TPSA) is 99.8 Å². The van der Waals surface area contributed by atoms with E-state index in [0.717, 1.165) is 6.07 Å². The first-order valence-electron chi connectivity index (χ1n) is 5.70. The minimum atomic E-state index is -0.662. The second kappa shape index (κ2) is 5.15. The van der Waals surface area contributed by atoms with Crippen molar-refractivity contribution in [2.75, 3.05) is 0 Å². The number of benzene rings is 1. The highest BCUT2D eigenvalue weighted by Gasteiger charge is 2.10. The average Bonchev–Trinajstić information content (AvgIpc) is 2.80. The number of nitrogens with two attached hydrogens (primary N) is 2. The van der Waals surface area contributed by atoms with Crippen LogP contribution in [0.2, 0.25) is 0 Å². The molecule has 0 fully saturated rings. The summed E-state index contributed by atoms with van der Waals surface area (Å²) in [4.78, 5) is 14.9. The van der Waals surface area contributed by atoms with Gasteiger partial charge in [0, 0.05) is 11.1 Å². The first-order valence-corrected chi connectivity index (χ1v) is 5.70. The molecule has 0 bridgehead atoms. The second-order valence-corrected chi connectivity index (χ2v) is 4.26. The zero-order chi connectivity index (χ0) is 14.0. The summed E-state index contributed by atoms with van der Waals surface area (Å²) in [6.45, 7) is 1.98. The van der Waals surface area contributed by atoms with Gasteiger partial charge < -0.3 is 11.5 Å². The van der Waals surface area contributed by atoms with Crippen LogP contribution in [0.25, 0.3) is 0 Å². The molecule has 1 aromatic heterocycles. The lowest BCUT2D eigenvalue weighted by atomic mass is 10.1. The molecule has 0 aliphatic rings. The number of primary amides is 1. The van der Waals surface area contributed by atoms with E-state index in [1.807, 2.05) is 0 Å². The highest BCUT2D eigenvalue weighted by Crippen LogP contribution is 2.12. The molecule has 0 aliphatic carbocycles. The van der Waals surface area contributed by atoms with Crippen molar-refractivity contribution in [3.63, 3.8) is 0 Å². The van der Waals surface area contributed by atoms with Gasteiger partial charge in [-0.25, -0.2) is 14.1 Å². The Morgan fingerprint density at radius 3 is 2.79 bits per heavy atom. The third kappa shape index (κ3) is 2.94. The number of aromatic nitrogens is 3. The van der Waals surface area contributed by atoms with Crippen molar-refractivity contribution < 1.29 is 9.18 Å². The zero-order valence-electron chi connectivity index (χ0n) is 10.4. The lowest BCUT2D eigenvalue weighted by Crippen LogP contribution is -2.12. The van der Waals surface area contributed by atoms with Gasteiger partial charge in [0.1, 0.15) is 12.1 Å². The summed E-state index contributed by atoms with van der Waals surface area (Å²) in [7, 11) is 0. The smallest absolute Gasteiger partial charge is 0.248 e. The Morgan fingerprint density at radius 2 is 2.26 bits per heavy atom. The van der Waals surface area contributed by atoms with Crippen LogP contribution in [0.1, 0.15) is 34.7 Å². The van der Waals surface area contributed by atoms with Crippen LogP contribution in [0, 0.1) is 5.82 Å². The minimum absolute atomic E-state index is 0.135. The van der Waals surface area contributed by atoms with E-state index in [2.05, 4.69) is 10.1 Å². The SMILES string of the molecule is CC(N)c1ncn(Cc2ccc(C(N)=O)cc2F)n1. The van der Waals surface area contributed by atoms with E-state index in [4.69, 9.17) is 11.5 Å². The number of carbonyl (C=O) groups excluding carboxylic acids is 1. The Hall–Kier alpha value is -2.28. The van der Waals surface area contributed by atoms with E-state index in [9.17, 15) is 9.18 Å². The van der Waals surface area contributed by atoms with Crippen LogP contribution >= 0.6 is 0 Å². The maximum absolute atomic E-state index is 13.8. The Morgan fingerprint density at radius 1 is 1.53 bits per heavy atom. The molecular weight excluding hydrogens is 249 g/mol. The van der Waals surface area contributed by atoms with E-state index in [-0.39, 0.29) is 18.2 Å². The van der Waals surface area contributed by atoms with Gasteiger partial charge in [0.25, 0.3) is 0 Å². The maximum atomic E-state index is 13.8. The molecule has 100 valence electrons. The predicted molar refractivity (Wildman–Crippen MR) is 66.6 cm³/mol. The van der Waals surface area contributed by atoms with E-state index in [1.165, 1.54) is 23.1 Å². The number of nitrogens with zero attached hydrogens (tertiary/aromatic N) is 3. The van der Waals surface area contributed by atoms with Gasteiger partial charge in [-0.2, -0.15) is 5.10 Å². The van der Waals surface area contributed by atoms with Crippen LogP contribution in [0.5, 0.6) is 0 Å². The summed E-state index contributed by atoms with van der Waals surface area (Å²) >= 11 is 0. The molecule has 1 heterocycles. The molecule has 1 atom stereocenters. The lowest BCUT2D eigenvalue weighted by Gasteiger charge is -2.04. The van der Waals surface area contributed by atoms with Crippen molar-refractivity contribution in [3.05, 3.63) is 47.3 Å². The third-order valence-electron chi connectivity index (χ3n) is 2.63. The summed E-state index contributed by atoms with van der Waals surface area (Å²) in [5.41, 5.74) is 11.2. The van der Waals surface area contributed by atoms with Crippen molar-refractivity contribution in [3.8, 4) is 0 Å². The summed E-state index contributed by atoms with van der Waals surface area (Å²) < 4.78 is 15.3. The fraction of sp³-hybridized carbons (Fsp3) is 0.250. The standard InChI is InChI=1S/C12H14FN5O/c1-7(14)12-16-6-18(17-12)5-9-3-2-8(11(15)19)4-10(9)13/h2-4,6-7H,5,14H2,1H3,(H2,15,19). The molecular formula is C12H14FN5O. The van der Waals surface area contributed by atoms with Crippen LogP contribution < -0.4 is 11.5 Å². The monoisotopic (exact) mass is 263 g/mol. The quantitative estimate of drug-likeness (QED) is 0.842. The van der Waals surface area contributed by atoms with E-state index >= 15 is 0 Å².